The van der Waals surface area contributed by atoms with Crippen LogP contribution >= 0.6 is 0 Å². The molecule has 0 aliphatic heterocycles. The van der Waals surface area contributed by atoms with E-state index in [2.05, 4.69) is 4.98 Å². The highest BCUT2D eigenvalue weighted by molar-refractivity contribution is 5.97. The van der Waals surface area contributed by atoms with Crippen LogP contribution in [0.25, 0.3) is 10.9 Å². The summed E-state index contributed by atoms with van der Waals surface area (Å²) >= 11 is 0. The Balaban J connectivity index is 1.63. The molecule has 0 radical (unpaired) electrons. The molecule has 1 N–H and O–H groups in total. The van der Waals surface area contributed by atoms with Gasteiger partial charge in [-0.25, -0.2) is 4.39 Å². The fourth-order valence-corrected chi connectivity index (χ4v) is 3.26. The predicted octanol–water partition coefficient (Wildman–Crippen LogP) is 5.08. The van der Waals surface area contributed by atoms with E-state index in [1.807, 2.05) is 60.7 Å². The van der Waals surface area contributed by atoms with Gasteiger partial charge in [-0.2, -0.15) is 0 Å². The summed E-state index contributed by atoms with van der Waals surface area (Å²) in [5, 5.41) is 0.873. The number of halogens is 1. The van der Waals surface area contributed by atoms with Crippen LogP contribution in [0.15, 0.2) is 85.1 Å². The van der Waals surface area contributed by atoms with Gasteiger partial charge in [0, 0.05) is 22.8 Å². The van der Waals surface area contributed by atoms with E-state index in [1.54, 1.807) is 17.2 Å². The second kappa shape index (κ2) is 7.46. The van der Waals surface area contributed by atoms with Crippen LogP contribution in [-0.2, 0) is 17.8 Å². The van der Waals surface area contributed by atoms with Crippen molar-refractivity contribution >= 4 is 22.5 Å². The number of hydrogen-bond donors (Lipinski definition) is 1. The van der Waals surface area contributed by atoms with E-state index in [-0.39, 0.29) is 18.1 Å². The van der Waals surface area contributed by atoms with E-state index in [9.17, 15) is 9.18 Å². The molecule has 0 aliphatic rings. The van der Waals surface area contributed by atoms with Crippen molar-refractivity contribution in [2.24, 2.45) is 0 Å². The minimum absolute atomic E-state index is 0.00437. The number of H-pyrrole nitrogens is 1. The number of hydrogen-bond acceptors (Lipinski definition) is 1. The molecule has 4 rings (SSSR count). The molecule has 1 heterocycles. The summed E-state index contributed by atoms with van der Waals surface area (Å²) in [7, 11) is 0. The molecule has 0 spiro atoms. The molecule has 1 amide bonds. The van der Waals surface area contributed by atoms with Crippen LogP contribution in [0, 0.1) is 5.82 Å². The molecule has 4 aromatic rings. The van der Waals surface area contributed by atoms with Crippen LogP contribution in [0.5, 0.6) is 0 Å². The van der Waals surface area contributed by atoms with E-state index < -0.39 is 0 Å². The number of aromatic amines is 1. The summed E-state index contributed by atoms with van der Waals surface area (Å²) < 4.78 is 13.4. The number of fused-ring (bicyclic) bond motifs is 1. The Labute approximate surface area is 157 Å². The van der Waals surface area contributed by atoms with Gasteiger partial charge in [0.2, 0.25) is 5.91 Å². The zero-order valence-electron chi connectivity index (χ0n) is 14.7. The summed E-state index contributed by atoms with van der Waals surface area (Å²) in [6, 6.07) is 24.2. The van der Waals surface area contributed by atoms with Crippen molar-refractivity contribution in [3.63, 3.8) is 0 Å². The van der Waals surface area contributed by atoms with E-state index in [0.717, 1.165) is 22.2 Å². The minimum Gasteiger partial charge on any atom is -0.361 e. The average molecular weight is 358 g/mol. The summed E-state index contributed by atoms with van der Waals surface area (Å²) in [6.07, 6.45) is 2.03. The van der Waals surface area contributed by atoms with Gasteiger partial charge in [-0.15, -0.1) is 0 Å². The average Bonchev–Trinajstić information content (AvgIpc) is 3.09. The van der Waals surface area contributed by atoms with Crippen LogP contribution in [0.2, 0.25) is 0 Å². The van der Waals surface area contributed by atoms with Crippen LogP contribution in [0.4, 0.5) is 10.1 Å². The Morgan fingerprint density at radius 2 is 1.63 bits per heavy atom. The molecule has 3 aromatic carbocycles. The topological polar surface area (TPSA) is 36.1 Å². The highest BCUT2D eigenvalue weighted by Crippen LogP contribution is 2.23. The van der Waals surface area contributed by atoms with Crippen molar-refractivity contribution in [3.05, 3.63) is 102 Å². The van der Waals surface area contributed by atoms with Crippen LogP contribution in [0.1, 0.15) is 11.1 Å². The fraction of sp³-hybridized carbons (Fsp3) is 0.0870. The smallest absolute Gasteiger partial charge is 0.231 e. The molecule has 1 aromatic heterocycles. The lowest BCUT2D eigenvalue weighted by atomic mass is 10.1. The Kier molecular flexibility index (Phi) is 4.71. The Bertz CT molecular complexity index is 1060. The molecule has 0 saturated carbocycles. The number of amides is 1. The number of nitrogens with one attached hydrogen (secondary N) is 1. The second-order valence-corrected chi connectivity index (χ2v) is 6.48. The van der Waals surface area contributed by atoms with Gasteiger partial charge in [-0.05, 0) is 41.5 Å². The lowest BCUT2D eigenvalue weighted by molar-refractivity contribution is -0.118. The van der Waals surface area contributed by atoms with Crippen molar-refractivity contribution in [3.8, 4) is 0 Å². The first-order chi connectivity index (χ1) is 13.2. The highest BCUT2D eigenvalue weighted by atomic mass is 19.1. The monoisotopic (exact) mass is 358 g/mol. The van der Waals surface area contributed by atoms with Crippen molar-refractivity contribution in [2.45, 2.75) is 13.0 Å². The molecule has 134 valence electrons. The number of carbonyl (C=O) groups is 1. The number of para-hydroxylation sites is 1. The zero-order chi connectivity index (χ0) is 18.6. The maximum Gasteiger partial charge on any atom is 0.231 e. The van der Waals surface area contributed by atoms with Crippen molar-refractivity contribution in [1.29, 1.82) is 0 Å². The molecular formula is C23H19FN2O. The zero-order valence-corrected chi connectivity index (χ0v) is 14.7. The maximum atomic E-state index is 13.4. The van der Waals surface area contributed by atoms with Gasteiger partial charge in [0.05, 0.1) is 13.0 Å². The number of anilines is 1. The standard InChI is InChI=1S/C23H19FN2O/c24-19-11-12-21-18(15-25-22(21)14-19)13-23(27)26(20-9-5-2-6-10-20)16-17-7-3-1-4-8-17/h1-12,14-15,25H,13,16H2. The normalized spacial score (nSPS) is 10.9. The Morgan fingerprint density at radius 3 is 2.37 bits per heavy atom. The molecule has 27 heavy (non-hydrogen) atoms. The Hall–Kier alpha value is -3.40. The summed E-state index contributed by atoms with van der Waals surface area (Å²) in [5.74, 6) is -0.299. The van der Waals surface area contributed by atoms with Crippen molar-refractivity contribution in [1.82, 2.24) is 4.98 Å². The van der Waals surface area contributed by atoms with Gasteiger partial charge in [-0.1, -0.05) is 48.5 Å². The molecule has 0 fully saturated rings. The van der Waals surface area contributed by atoms with Gasteiger partial charge < -0.3 is 9.88 Å². The number of aromatic nitrogens is 1. The third-order valence-corrected chi connectivity index (χ3v) is 4.62. The maximum absolute atomic E-state index is 13.4. The SMILES string of the molecule is O=C(Cc1c[nH]c2cc(F)ccc12)N(Cc1ccccc1)c1ccccc1. The van der Waals surface area contributed by atoms with Gasteiger partial charge in [0.25, 0.3) is 0 Å². The quantitative estimate of drug-likeness (QED) is 0.530. The van der Waals surface area contributed by atoms with Crippen LogP contribution in [0.3, 0.4) is 0 Å². The molecule has 0 atom stereocenters. The summed E-state index contributed by atoms with van der Waals surface area (Å²) in [6.45, 7) is 0.501. The van der Waals surface area contributed by atoms with E-state index in [1.165, 1.54) is 12.1 Å². The molecule has 0 saturated heterocycles. The number of nitrogens with zero attached hydrogens (tertiary/aromatic N) is 1. The van der Waals surface area contributed by atoms with Gasteiger partial charge in [-0.3, -0.25) is 4.79 Å². The molecular weight excluding hydrogens is 339 g/mol. The van der Waals surface area contributed by atoms with Gasteiger partial charge >= 0.3 is 0 Å². The van der Waals surface area contributed by atoms with Gasteiger partial charge in [0.1, 0.15) is 5.82 Å². The molecule has 3 nitrogen and oxygen atoms in total. The largest absolute Gasteiger partial charge is 0.361 e. The summed E-state index contributed by atoms with van der Waals surface area (Å²) in [5.41, 5.74) is 3.49. The second-order valence-electron chi connectivity index (χ2n) is 6.48. The number of rotatable bonds is 5. The third-order valence-electron chi connectivity index (χ3n) is 4.62. The lowest BCUT2D eigenvalue weighted by Gasteiger charge is -2.23. The molecule has 0 bridgehead atoms. The first-order valence-electron chi connectivity index (χ1n) is 8.85. The van der Waals surface area contributed by atoms with E-state index in [4.69, 9.17) is 0 Å². The van der Waals surface area contributed by atoms with E-state index in [0.29, 0.717) is 12.1 Å². The number of carbonyl (C=O) groups excluding carboxylic acids is 1. The highest BCUT2D eigenvalue weighted by Gasteiger charge is 2.18. The molecule has 0 unspecified atom stereocenters. The summed E-state index contributed by atoms with van der Waals surface area (Å²) in [4.78, 5) is 18.0. The van der Waals surface area contributed by atoms with Crippen molar-refractivity contribution < 1.29 is 9.18 Å². The minimum atomic E-state index is -0.294. The third kappa shape index (κ3) is 3.75. The Morgan fingerprint density at radius 1 is 0.926 bits per heavy atom. The first-order valence-corrected chi connectivity index (χ1v) is 8.85. The molecule has 4 heteroatoms. The van der Waals surface area contributed by atoms with Gasteiger partial charge in [0.15, 0.2) is 0 Å². The van der Waals surface area contributed by atoms with Crippen molar-refractivity contribution in [2.75, 3.05) is 4.90 Å². The van der Waals surface area contributed by atoms with E-state index >= 15 is 0 Å². The van der Waals surface area contributed by atoms with Crippen LogP contribution in [-0.4, -0.2) is 10.9 Å². The predicted molar refractivity (Wildman–Crippen MR) is 106 cm³/mol. The molecule has 0 aliphatic carbocycles. The van der Waals surface area contributed by atoms with Crippen LogP contribution < -0.4 is 4.90 Å². The first kappa shape index (κ1) is 17.0. The fourth-order valence-electron chi connectivity index (χ4n) is 3.26. The number of benzene rings is 3. The lowest BCUT2D eigenvalue weighted by Crippen LogP contribution is -2.31.